The highest BCUT2D eigenvalue weighted by Crippen LogP contribution is 2.41. The molecule has 2 aliphatic rings. The summed E-state index contributed by atoms with van der Waals surface area (Å²) in [5.74, 6) is 0.864. The Morgan fingerprint density at radius 2 is 1.81 bits per heavy atom. The zero-order valence-electron chi connectivity index (χ0n) is 13.1. The molecule has 1 aromatic carbocycles. The summed E-state index contributed by atoms with van der Waals surface area (Å²) in [4.78, 5) is 13.1. The summed E-state index contributed by atoms with van der Waals surface area (Å²) in [7, 11) is 0. The third-order valence-corrected chi connectivity index (χ3v) is 5.25. The summed E-state index contributed by atoms with van der Waals surface area (Å²) in [6.07, 6.45) is 4.24. The van der Waals surface area contributed by atoms with Crippen molar-refractivity contribution in [2.24, 2.45) is 5.92 Å². The second-order valence-electron chi connectivity index (χ2n) is 7.15. The fraction of sp³-hybridized carbons (Fsp3) is 0.611. The SMILES string of the molecule is CC(C)(NC(=O)C1(c2ccccc2)CCNCC1)C1CC1. The molecule has 0 spiro atoms. The predicted octanol–water partition coefficient (Wildman–Crippen LogP) is 2.61. The van der Waals surface area contributed by atoms with Gasteiger partial charge in [0.2, 0.25) is 5.91 Å². The molecule has 1 amide bonds. The molecule has 114 valence electrons. The standard InChI is InChI=1S/C18H26N2O/c1-17(2,14-8-9-14)20-16(21)18(10-12-19-13-11-18)15-6-4-3-5-7-15/h3-7,14,19H,8-13H2,1-2H3,(H,20,21). The van der Waals surface area contributed by atoms with Crippen molar-refractivity contribution < 1.29 is 4.79 Å². The third-order valence-electron chi connectivity index (χ3n) is 5.25. The van der Waals surface area contributed by atoms with Gasteiger partial charge in [-0.15, -0.1) is 0 Å². The number of piperidine rings is 1. The quantitative estimate of drug-likeness (QED) is 0.893. The Bertz CT molecular complexity index is 499. The van der Waals surface area contributed by atoms with Crippen LogP contribution in [-0.2, 0) is 10.2 Å². The molecule has 0 aromatic heterocycles. The van der Waals surface area contributed by atoms with Gasteiger partial charge in [0, 0.05) is 5.54 Å². The minimum absolute atomic E-state index is 0.0796. The first kappa shape index (κ1) is 14.6. The Hall–Kier alpha value is -1.35. The Labute approximate surface area is 127 Å². The number of rotatable bonds is 4. The molecule has 21 heavy (non-hydrogen) atoms. The van der Waals surface area contributed by atoms with E-state index in [1.807, 2.05) is 18.2 Å². The Kier molecular flexibility index (Phi) is 3.78. The molecular formula is C18H26N2O. The molecule has 1 saturated heterocycles. The van der Waals surface area contributed by atoms with E-state index in [9.17, 15) is 4.79 Å². The zero-order valence-corrected chi connectivity index (χ0v) is 13.1. The number of amides is 1. The lowest BCUT2D eigenvalue weighted by Crippen LogP contribution is -2.56. The number of carbonyl (C=O) groups is 1. The zero-order chi connectivity index (χ0) is 14.9. The molecule has 2 N–H and O–H groups in total. The first-order valence-corrected chi connectivity index (χ1v) is 8.13. The van der Waals surface area contributed by atoms with Gasteiger partial charge in [0.15, 0.2) is 0 Å². The molecule has 0 atom stereocenters. The molecule has 3 rings (SSSR count). The van der Waals surface area contributed by atoms with Crippen LogP contribution in [0, 0.1) is 5.92 Å². The van der Waals surface area contributed by atoms with Gasteiger partial charge in [0.25, 0.3) is 0 Å². The van der Waals surface area contributed by atoms with Gasteiger partial charge in [-0.1, -0.05) is 30.3 Å². The summed E-state index contributed by atoms with van der Waals surface area (Å²) in [5, 5.41) is 6.74. The van der Waals surface area contributed by atoms with E-state index < -0.39 is 0 Å². The molecule has 3 heteroatoms. The monoisotopic (exact) mass is 286 g/mol. The second-order valence-corrected chi connectivity index (χ2v) is 7.15. The average molecular weight is 286 g/mol. The molecule has 2 fully saturated rings. The van der Waals surface area contributed by atoms with Crippen molar-refractivity contribution in [3.8, 4) is 0 Å². The maximum Gasteiger partial charge on any atom is 0.231 e. The van der Waals surface area contributed by atoms with E-state index in [-0.39, 0.29) is 16.9 Å². The minimum atomic E-state index is -0.362. The van der Waals surface area contributed by atoms with E-state index in [1.165, 1.54) is 12.8 Å². The van der Waals surface area contributed by atoms with Crippen LogP contribution in [0.2, 0.25) is 0 Å². The van der Waals surface area contributed by atoms with Crippen LogP contribution in [0.5, 0.6) is 0 Å². The maximum atomic E-state index is 13.1. The van der Waals surface area contributed by atoms with Crippen LogP contribution >= 0.6 is 0 Å². The number of benzene rings is 1. The fourth-order valence-corrected chi connectivity index (χ4v) is 3.58. The number of hydrogen-bond acceptors (Lipinski definition) is 2. The first-order chi connectivity index (χ1) is 10.0. The largest absolute Gasteiger partial charge is 0.350 e. The van der Waals surface area contributed by atoms with Crippen LogP contribution in [0.25, 0.3) is 0 Å². The highest BCUT2D eigenvalue weighted by Gasteiger charge is 2.45. The van der Waals surface area contributed by atoms with E-state index in [0.29, 0.717) is 5.92 Å². The highest BCUT2D eigenvalue weighted by molar-refractivity contribution is 5.89. The maximum absolute atomic E-state index is 13.1. The highest BCUT2D eigenvalue weighted by atomic mass is 16.2. The molecule has 0 radical (unpaired) electrons. The van der Waals surface area contributed by atoms with E-state index in [1.54, 1.807) is 0 Å². The summed E-state index contributed by atoms with van der Waals surface area (Å²) in [6, 6.07) is 10.3. The van der Waals surface area contributed by atoms with Crippen molar-refractivity contribution >= 4 is 5.91 Å². The van der Waals surface area contributed by atoms with E-state index in [0.717, 1.165) is 31.5 Å². The molecule has 1 aliphatic heterocycles. The molecule has 1 heterocycles. The smallest absolute Gasteiger partial charge is 0.231 e. The van der Waals surface area contributed by atoms with Crippen molar-refractivity contribution in [1.82, 2.24) is 10.6 Å². The number of hydrogen-bond donors (Lipinski definition) is 2. The van der Waals surface area contributed by atoms with Crippen molar-refractivity contribution in [3.63, 3.8) is 0 Å². The van der Waals surface area contributed by atoms with Crippen molar-refractivity contribution in [2.45, 2.75) is 50.5 Å². The van der Waals surface area contributed by atoms with Gasteiger partial charge in [-0.25, -0.2) is 0 Å². The molecule has 3 nitrogen and oxygen atoms in total. The third kappa shape index (κ3) is 2.84. The van der Waals surface area contributed by atoms with Gasteiger partial charge < -0.3 is 10.6 Å². The van der Waals surface area contributed by atoms with Gasteiger partial charge in [-0.3, -0.25) is 4.79 Å². The number of nitrogens with one attached hydrogen (secondary N) is 2. The molecule has 1 aliphatic carbocycles. The predicted molar refractivity (Wildman–Crippen MR) is 85.2 cm³/mol. The summed E-state index contributed by atoms with van der Waals surface area (Å²) in [6.45, 7) is 6.16. The molecule has 1 saturated carbocycles. The van der Waals surface area contributed by atoms with Crippen molar-refractivity contribution in [1.29, 1.82) is 0 Å². The van der Waals surface area contributed by atoms with Crippen LogP contribution in [0.15, 0.2) is 30.3 Å². The Morgan fingerprint density at radius 1 is 1.19 bits per heavy atom. The number of carbonyl (C=O) groups excluding carboxylic acids is 1. The Balaban J connectivity index is 1.86. The average Bonchev–Trinajstić information content (AvgIpc) is 3.33. The fourth-order valence-electron chi connectivity index (χ4n) is 3.58. The van der Waals surface area contributed by atoms with E-state index in [4.69, 9.17) is 0 Å². The topological polar surface area (TPSA) is 41.1 Å². The van der Waals surface area contributed by atoms with E-state index in [2.05, 4.69) is 36.6 Å². The lowest BCUT2D eigenvalue weighted by Gasteiger charge is -2.40. The summed E-state index contributed by atoms with van der Waals surface area (Å²) in [5.41, 5.74) is 0.721. The lowest BCUT2D eigenvalue weighted by atomic mass is 9.72. The minimum Gasteiger partial charge on any atom is -0.350 e. The van der Waals surface area contributed by atoms with Crippen molar-refractivity contribution in [2.75, 3.05) is 13.1 Å². The van der Waals surface area contributed by atoms with Crippen LogP contribution < -0.4 is 10.6 Å². The van der Waals surface area contributed by atoms with Gasteiger partial charge in [0.1, 0.15) is 0 Å². The van der Waals surface area contributed by atoms with Gasteiger partial charge in [-0.05, 0) is 64.1 Å². The van der Waals surface area contributed by atoms with Gasteiger partial charge in [-0.2, -0.15) is 0 Å². The first-order valence-electron chi connectivity index (χ1n) is 8.13. The Morgan fingerprint density at radius 3 is 2.38 bits per heavy atom. The van der Waals surface area contributed by atoms with E-state index >= 15 is 0 Å². The van der Waals surface area contributed by atoms with Crippen LogP contribution in [0.3, 0.4) is 0 Å². The van der Waals surface area contributed by atoms with Crippen LogP contribution in [0.1, 0.15) is 45.1 Å². The molecule has 1 aromatic rings. The van der Waals surface area contributed by atoms with Gasteiger partial charge in [0.05, 0.1) is 5.41 Å². The summed E-state index contributed by atoms with van der Waals surface area (Å²) >= 11 is 0. The normalized spacial score (nSPS) is 21.8. The molecule has 0 unspecified atom stereocenters. The molecular weight excluding hydrogens is 260 g/mol. The second kappa shape index (κ2) is 5.45. The lowest BCUT2D eigenvalue weighted by molar-refractivity contribution is -0.129. The van der Waals surface area contributed by atoms with Crippen LogP contribution in [-0.4, -0.2) is 24.5 Å². The molecule has 0 bridgehead atoms. The van der Waals surface area contributed by atoms with Crippen LogP contribution in [0.4, 0.5) is 0 Å². The van der Waals surface area contributed by atoms with Gasteiger partial charge >= 0.3 is 0 Å². The van der Waals surface area contributed by atoms with Crippen molar-refractivity contribution in [3.05, 3.63) is 35.9 Å². The summed E-state index contributed by atoms with van der Waals surface area (Å²) < 4.78 is 0.